The number of carbonyl (C=O) groups is 1. The Labute approximate surface area is 227 Å². The molecular weight excluding hydrogens is 493 g/mol. The Morgan fingerprint density at radius 3 is 2.53 bits per heavy atom. The van der Waals surface area contributed by atoms with Crippen molar-refractivity contribution < 1.29 is 9.18 Å². The van der Waals surface area contributed by atoms with Crippen molar-refractivity contribution in [2.24, 2.45) is 5.73 Å². The van der Waals surface area contributed by atoms with E-state index >= 15 is 0 Å². The first-order valence-corrected chi connectivity index (χ1v) is 13.8. The molecule has 1 aliphatic carbocycles. The Bertz CT molecular complexity index is 1530. The van der Waals surface area contributed by atoms with Crippen LogP contribution in [0.5, 0.6) is 0 Å². The number of anilines is 1. The number of nitrogens with two attached hydrogens (primary N) is 1. The molecule has 0 spiro atoms. The summed E-state index contributed by atoms with van der Waals surface area (Å²) in [5.74, 6) is 0.240. The molecule has 0 saturated carbocycles. The second-order valence-corrected chi connectivity index (χ2v) is 11.0. The van der Waals surface area contributed by atoms with Crippen molar-refractivity contribution in [1.29, 1.82) is 5.26 Å². The van der Waals surface area contributed by atoms with Gasteiger partial charge in [0, 0.05) is 34.0 Å². The SMILES string of the molecule is Cc1cc(CSc2ccccc2C)c(C)c(C2C(C#N)=C(N)N(c3ccc(F)cc3)C3=C2C(=O)CCC3)c1. The standard InChI is InChI=1S/C32H30FN3OS/c1-19-15-22(18-38-29-10-5-4-7-20(29)2)21(3)25(16-19)30-26(17-34)32(35)36(24-13-11-23(33)12-14-24)27-8-6-9-28(37)31(27)30/h4-5,7,10-16,30H,6,8-9,18,35H2,1-3H3. The third kappa shape index (κ3) is 4.63. The molecule has 0 amide bonds. The lowest BCUT2D eigenvalue weighted by Crippen LogP contribution is -2.39. The highest BCUT2D eigenvalue weighted by atomic mass is 32.2. The minimum Gasteiger partial charge on any atom is -0.384 e. The summed E-state index contributed by atoms with van der Waals surface area (Å²) in [6.07, 6.45) is 1.81. The van der Waals surface area contributed by atoms with Crippen LogP contribution in [0.25, 0.3) is 0 Å². The number of benzene rings is 3. The number of nitrogens with zero attached hydrogens (tertiary/aromatic N) is 2. The van der Waals surface area contributed by atoms with Gasteiger partial charge in [-0.15, -0.1) is 11.8 Å². The summed E-state index contributed by atoms with van der Waals surface area (Å²) in [6.45, 7) is 6.24. The number of rotatable bonds is 5. The van der Waals surface area contributed by atoms with Gasteiger partial charge in [0.05, 0.1) is 17.6 Å². The largest absolute Gasteiger partial charge is 0.384 e. The van der Waals surface area contributed by atoms with Crippen LogP contribution >= 0.6 is 11.8 Å². The summed E-state index contributed by atoms with van der Waals surface area (Å²) in [6, 6.07) is 21.0. The van der Waals surface area contributed by atoms with Gasteiger partial charge in [0.25, 0.3) is 0 Å². The van der Waals surface area contributed by atoms with Gasteiger partial charge >= 0.3 is 0 Å². The summed E-state index contributed by atoms with van der Waals surface area (Å²) in [5.41, 5.74) is 14.7. The van der Waals surface area contributed by atoms with Crippen molar-refractivity contribution >= 4 is 23.2 Å². The van der Waals surface area contributed by atoms with E-state index in [4.69, 9.17) is 5.73 Å². The zero-order valence-corrected chi connectivity index (χ0v) is 22.7. The third-order valence-electron chi connectivity index (χ3n) is 7.49. The van der Waals surface area contributed by atoms with Crippen molar-refractivity contribution in [3.05, 3.63) is 117 Å². The lowest BCUT2D eigenvalue weighted by molar-refractivity contribution is -0.116. The van der Waals surface area contributed by atoms with Crippen molar-refractivity contribution in [2.45, 2.75) is 56.6 Å². The number of thioether (sulfide) groups is 1. The molecular formula is C32H30FN3OS. The smallest absolute Gasteiger partial charge is 0.161 e. The lowest BCUT2D eigenvalue weighted by Gasteiger charge is -2.40. The predicted molar refractivity (Wildman–Crippen MR) is 151 cm³/mol. The number of hydrogen-bond donors (Lipinski definition) is 1. The van der Waals surface area contributed by atoms with Crippen molar-refractivity contribution in [2.75, 3.05) is 4.90 Å². The Balaban J connectivity index is 1.64. The zero-order valence-electron chi connectivity index (χ0n) is 21.8. The number of allylic oxidation sites excluding steroid dienone is 3. The van der Waals surface area contributed by atoms with Crippen LogP contribution in [-0.4, -0.2) is 5.78 Å². The number of nitriles is 1. The Morgan fingerprint density at radius 2 is 1.82 bits per heavy atom. The average molecular weight is 524 g/mol. The first-order valence-electron chi connectivity index (χ1n) is 12.8. The molecule has 1 heterocycles. The predicted octanol–water partition coefficient (Wildman–Crippen LogP) is 7.35. The summed E-state index contributed by atoms with van der Waals surface area (Å²) >= 11 is 1.79. The maximum absolute atomic E-state index is 13.7. The Hall–Kier alpha value is -3.82. The van der Waals surface area contributed by atoms with E-state index in [0.29, 0.717) is 41.9 Å². The molecule has 38 heavy (non-hydrogen) atoms. The fourth-order valence-corrected chi connectivity index (χ4v) is 6.65. The van der Waals surface area contributed by atoms with Gasteiger partial charge in [-0.05, 0) is 86.2 Å². The summed E-state index contributed by atoms with van der Waals surface area (Å²) in [4.78, 5) is 16.5. The number of halogens is 1. The number of carbonyl (C=O) groups excluding carboxylic acids is 1. The molecule has 0 bridgehead atoms. The normalized spacial score (nSPS) is 17.5. The summed E-state index contributed by atoms with van der Waals surface area (Å²) < 4.78 is 13.7. The van der Waals surface area contributed by atoms with Crippen molar-refractivity contribution in [3.8, 4) is 6.07 Å². The van der Waals surface area contributed by atoms with E-state index in [-0.39, 0.29) is 11.6 Å². The van der Waals surface area contributed by atoms with Crippen LogP contribution < -0.4 is 10.6 Å². The molecule has 1 atom stereocenters. The molecule has 2 aliphatic rings. The van der Waals surface area contributed by atoms with E-state index in [2.05, 4.69) is 51.1 Å². The minimum absolute atomic E-state index is 0.0420. The van der Waals surface area contributed by atoms with E-state index in [1.807, 2.05) is 12.1 Å². The monoisotopic (exact) mass is 523 g/mol. The molecule has 5 rings (SSSR count). The molecule has 0 fully saturated rings. The second kappa shape index (κ2) is 10.5. The van der Waals surface area contributed by atoms with Gasteiger partial charge in [0.15, 0.2) is 5.78 Å². The number of Topliss-reactive ketones (excluding diaryl/α,β-unsaturated/α-hetero) is 1. The molecule has 3 aromatic carbocycles. The van der Waals surface area contributed by atoms with Crippen LogP contribution in [0.2, 0.25) is 0 Å². The van der Waals surface area contributed by atoms with Gasteiger partial charge in [0.1, 0.15) is 11.6 Å². The van der Waals surface area contributed by atoms with Crippen LogP contribution in [0.3, 0.4) is 0 Å². The highest BCUT2D eigenvalue weighted by Crippen LogP contribution is 2.47. The zero-order chi connectivity index (χ0) is 27.0. The van der Waals surface area contributed by atoms with Crippen LogP contribution in [0, 0.1) is 37.9 Å². The molecule has 2 N–H and O–H groups in total. The molecule has 3 aromatic rings. The lowest BCUT2D eigenvalue weighted by atomic mass is 9.73. The second-order valence-electron chi connectivity index (χ2n) is 9.99. The molecule has 0 saturated heterocycles. The van der Waals surface area contributed by atoms with Crippen molar-refractivity contribution in [1.82, 2.24) is 0 Å². The van der Waals surface area contributed by atoms with E-state index in [1.165, 1.54) is 28.2 Å². The molecule has 0 aromatic heterocycles. The van der Waals surface area contributed by atoms with E-state index in [1.54, 1.807) is 28.8 Å². The Kier molecular flexibility index (Phi) is 7.14. The third-order valence-corrected chi connectivity index (χ3v) is 8.71. The van der Waals surface area contributed by atoms with Crippen LogP contribution in [0.4, 0.5) is 10.1 Å². The first-order chi connectivity index (χ1) is 18.3. The van der Waals surface area contributed by atoms with Crippen molar-refractivity contribution in [3.63, 3.8) is 0 Å². The Morgan fingerprint density at radius 1 is 1.08 bits per heavy atom. The van der Waals surface area contributed by atoms with Gasteiger partial charge in [-0.1, -0.05) is 35.9 Å². The van der Waals surface area contributed by atoms with Gasteiger partial charge < -0.3 is 5.73 Å². The molecule has 192 valence electrons. The topological polar surface area (TPSA) is 70.1 Å². The molecule has 4 nitrogen and oxygen atoms in total. The van der Waals surface area contributed by atoms with Gasteiger partial charge in [-0.2, -0.15) is 5.26 Å². The molecule has 1 aliphatic heterocycles. The van der Waals surface area contributed by atoms with E-state index < -0.39 is 5.92 Å². The summed E-state index contributed by atoms with van der Waals surface area (Å²) in [5, 5.41) is 10.4. The maximum Gasteiger partial charge on any atom is 0.161 e. The minimum atomic E-state index is -0.526. The number of ketones is 1. The van der Waals surface area contributed by atoms with Crippen LogP contribution in [0.1, 0.15) is 53.0 Å². The quantitative estimate of drug-likeness (QED) is 0.354. The van der Waals surface area contributed by atoms with E-state index in [0.717, 1.165) is 28.1 Å². The van der Waals surface area contributed by atoms with Gasteiger partial charge in [0.2, 0.25) is 0 Å². The maximum atomic E-state index is 13.7. The van der Waals surface area contributed by atoms with Crippen LogP contribution in [-0.2, 0) is 10.5 Å². The summed E-state index contributed by atoms with van der Waals surface area (Å²) in [7, 11) is 0. The van der Waals surface area contributed by atoms with Gasteiger partial charge in [-0.3, -0.25) is 9.69 Å². The number of hydrogen-bond acceptors (Lipinski definition) is 5. The highest BCUT2D eigenvalue weighted by Gasteiger charge is 2.41. The fourth-order valence-electron chi connectivity index (χ4n) is 5.57. The molecule has 6 heteroatoms. The average Bonchev–Trinajstić information content (AvgIpc) is 2.90. The fraction of sp³-hybridized carbons (Fsp3) is 0.250. The number of aryl methyl sites for hydroxylation is 2. The molecule has 1 unspecified atom stereocenters. The molecule has 0 radical (unpaired) electrons. The van der Waals surface area contributed by atoms with E-state index in [9.17, 15) is 14.4 Å². The van der Waals surface area contributed by atoms with Gasteiger partial charge in [-0.25, -0.2) is 4.39 Å². The highest BCUT2D eigenvalue weighted by molar-refractivity contribution is 7.98. The van der Waals surface area contributed by atoms with Crippen LogP contribution in [0.15, 0.2) is 88.2 Å². The first kappa shape index (κ1) is 25.8.